The molecule has 1 fully saturated rings. The van der Waals surface area contributed by atoms with E-state index in [2.05, 4.69) is 10.3 Å². The predicted octanol–water partition coefficient (Wildman–Crippen LogP) is 1.24. The zero-order valence-corrected chi connectivity index (χ0v) is 12.1. The molecule has 1 amide bonds. The van der Waals surface area contributed by atoms with Crippen LogP contribution in [0.2, 0.25) is 0 Å². The number of hydrogen-bond donors (Lipinski definition) is 2. The number of hydrogen-bond acceptors (Lipinski definition) is 3. The average molecular weight is 305 g/mol. The van der Waals surface area contributed by atoms with Crippen LogP contribution in [-0.2, 0) is 23.1 Å². The summed E-state index contributed by atoms with van der Waals surface area (Å²) in [6, 6.07) is 4.75. The van der Waals surface area contributed by atoms with E-state index in [4.69, 9.17) is 5.11 Å². The lowest BCUT2D eigenvalue weighted by atomic mass is 10.1. The third kappa shape index (κ3) is 2.22. The first-order chi connectivity index (χ1) is 10.5. The minimum absolute atomic E-state index is 0.270. The van der Waals surface area contributed by atoms with Gasteiger partial charge in [-0.3, -0.25) is 9.59 Å². The summed E-state index contributed by atoms with van der Waals surface area (Å²) in [6.45, 7) is 0.270. The van der Waals surface area contributed by atoms with E-state index in [-0.39, 0.29) is 12.4 Å². The van der Waals surface area contributed by atoms with Gasteiger partial charge in [0.1, 0.15) is 16.8 Å². The Hall–Kier alpha value is -2.44. The number of aromatic nitrogens is 2. The van der Waals surface area contributed by atoms with E-state index >= 15 is 0 Å². The Bertz CT molecular complexity index is 765. The van der Waals surface area contributed by atoms with Crippen molar-refractivity contribution in [1.82, 2.24) is 14.9 Å². The first-order valence-corrected chi connectivity index (χ1v) is 7.07. The molecule has 1 aliphatic carbocycles. The van der Waals surface area contributed by atoms with Crippen molar-refractivity contribution >= 4 is 22.9 Å². The summed E-state index contributed by atoms with van der Waals surface area (Å²) in [5, 5.41) is 11.7. The Balaban J connectivity index is 1.68. The Morgan fingerprint density at radius 1 is 1.45 bits per heavy atom. The first kappa shape index (κ1) is 14.5. The number of carbonyl (C=O) groups excluding carboxylic acids is 1. The number of fused-ring (bicyclic) bond motifs is 1. The van der Waals surface area contributed by atoms with Gasteiger partial charge in [0.15, 0.2) is 5.82 Å². The second-order valence-electron chi connectivity index (χ2n) is 5.59. The summed E-state index contributed by atoms with van der Waals surface area (Å²) in [7, 11) is 1.78. The highest BCUT2D eigenvalue weighted by Crippen LogP contribution is 2.46. The first-order valence-electron chi connectivity index (χ1n) is 7.07. The van der Waals surface area contributed by atoms with Gasteiger partial charge in [0.05, 0.1) is 5.52 Å². The molecule has 1 saturated carbocycles. The van der Waals surface area contributed by atoms with Crippen molar-refractivity contribution < 1.29 is 19.1 Å². The lowest BCUT2D eigenvalue weighted by Gasteiger charge is -2.10. The standard InChI is InChI=1S/C15H16FN3O3/c1-19-10-4-2-3-9(16)12(10)18-11(19)5-8-17-13(20)15(6-7-15)14(21)22/h2-4H,5-8H2,1H3,(H,17,20)(H,21,22). The number of nitrogens with zero attached hydrogens (tertiary/aromatic N) is 2. The molecule has 1 aliphatic rings. The molecule has 7 heteroatoms. The second-order valence-corrected chi connectivity index (χ2v) is 5.59. The predicted molar refractivity (Wildman–Crippen MR) is 76.7 cm³/mol. The fourth-order valence-electron chi connectivity index (χ4n) is 2.57. The number of rotatable bonds is 5. The molecule has 0 spiro atoms. The molecule has 1 aromatic carbocycles. The molecule has 1 heterocycles. The van der Waals surface area contributed by atoms with Crippen molar-refractivity contribution in [2.24, 2.45) is 12.5 Å². The van der Waals surface area contributed by atoms with Crippen LogP contribution in [0, 0.1) is 11.2 Å². The van der Waals surface area contributed by atoms with Gasteiger partial charge in [0, 0.05) is 20.0 Å². The van der Waals surface area contributed by atoms with Gasteiger partial charge in [0.2, 0.25) is 5.91 Å². The fourth-order valence-corrected chi connectivity index (χ4v) is 2.57. The van der Waals surface area contributed by atoms with E-state index in [9.17, 15) is 14.0 Å². The summed E-state index contributed by atoms with van der Waals surface area (Å²) in [6.07, 6.45) is 1.17. The van der Waals surface area contributed by atoms with Crippen LogP contribution in [0.15, 0.2) is 18.2 Å². The van der Waals surface area contributed by atoms with Crippen LogP contribution >= 0.6 is 0 Å². The zero-order chi connectivity index (χ0) is 15.9. The molecule has 0 bridgehead atoms. The quantitative estimate of drug-likeness (QED) is 0.814. The Morgan fingerprint density at radius 2 is 2.18 bits per heavy atom. The Morgan fingerprint density at radius 3 is 2.77 bits per heavy atom. The number of imidazole rings is 1. The molecule has 0 saturated heterocycles. The van der Waals surface area contributed by atoms with E-state index < -0.39 is 17.3 Å². The zero-order valence-electron chi connectivity index (χ0n) is 12.1. The van der Waals surface area contributed by atoms with E-state index in [0.29, 0.717) is 36.1 Å². The highest BCUT2D eigenvalue weighted by molar-refractivity contribution is 6.04. The van der Waals surface area contributed by atoms with Crippen LogP contribution in [0.5, 0.6) is 0 Å². The topological polar surface area (TPSA) is 84.2 Å². The number of carboxylic acid groups (broad SMARTS) is 1. The minimum Gasteiger partial charge on any atom is -0.480 e. The van der Waals surface area contributed by atoms with Crippen molar-refractivity contribution in [3.05, 3.63) is 29.8 Å². The summed E-state index contributed by atoms with van der Waals surface area (Å²) < 4.78 is 15.4. The number of aryl methyl sites for hydroxylation is 1. The van der Waals surface area contributed by atoms with Gasteiger partial charge in [-0.25, -0.2) is 9.37 Å². The molecule has 6 nitrogen and oxygen atoms in total. The van der Waals surface area contributed by atoms with Crippen LogP contribution in [0.3, 0.4) is 0 Å². The number of para-hydroxylation sites is 1. The molecule has 0 unspecified atom stereocenters. The average Bonchev–Trinajstić information content (AvgIpc) is 3.23. The van der Waals surface area contributed by atoms with Crippen LogP contribution in [-0.4, -0.2) is 33.1 Å². The number of amides is 1. The molecule has 2 aromatic rings. The van der Waals surface area contributed by atoms with Gasteiger partial charge in [0.25, 0.3) is 0 Å². The number of benzene rings is 1. The highest BCUT2D eigenvalue weighted by atomic mass is 19.1. The highest BCUT2D eigenvalue weighted by Gasteiger charge is 2.56. The van der Waals surface area contributed by atoms with Crippen LogP contribution in [0.1, 0.15) is 18.7 Å². The lowest BCUT2D eigenvalue weighted by molar-refractivity contribution is -0.149. The second kappa shape index (κ2) is 5.08. The minimum atomic E-state index is -1.24. The monoisotopic (exact) mass is 305 g/mol. The summed E-state index contributed by atoms with van der Waals surface area (Å²) >= 11 is 0. The van der Waals surface area contributed by atoms with Crippen LogP contribution < -0.4 is 5.32 Å². The maximum Gasteiger partial charge on any atom is 0.319 e. The molecule has 0 aliphatic heterocycles. The smallest absolute Gasteiger partial charge is 0.319 e. The normalized spacial score (nSPS) is 15.7. The van der Waals surface area contributed by atoms with E-state index in [1.54, 1.807) is 23.7 Å². The van der Waals surface area contributed by atoms with Crippen molar-refractivity contribution in [2.75, 3.05) is 6.54 Å². The van der Waals surface area contributed by atoms with Crippen molar-refractivity contribution in [2.45, 2.75) is 19.3 Å². The van der Waals surface area contributed by atoms with E-state index in [1.807, 2.05) is 0 Å². The molecular formula is C15H16FN3O3. The van der Waals surface area contributed by atoms with Gasteiger partial charge in [-0.05, 0) is 25.0 Å². The van der Waals surface area contributed by atoms with E-state index in [1.165, 1.54) is 6.07 Å². The van der Waals surface area contributed by atoms with Gasteiger partial charge in [-0.2, -0.15) is 0 Å². The fraction of sp³-hybridized carbons (Fsp3) is 0.400. The van der Waals surface area contributed by atoms with Crippen LogP contribution in [0.4, 0.5) is 4.39 Å². The molecule has 22 heavy (non-hydrogen) atoms. The van der Waals surface area contributed by atoms with Gasteiger partial charge < -0.3 is 15.0 Å². The maximum atomic E-state index is 13.7. The van der Waals surface area contributed by atoms with Gasteiger partial charge >= 0.3 is 5.97 Å². The Labute approximate surface area is 125 Å². The summed E-state index contributed by atoms with van der Waals surface area (Å²) in [5.41, 5.74) is -0.251. The number of carboxylic acids is 1. The number of nitrogens with one attached hydrogen (secondary N) is 1. The van der Waals surface area contributed by atoms with Crippen molar-refractivity contribution in [3.63, 3.8) is 0 Å². The lowest BCUT2D eigenvalue weighted by Crippen LogP contribution is -2.38. The molecule has 116 valence electrons. The SMILES string of the molecule is Cn1c(CCNC(=O)C2(C(=O)O)CC2)nc2c(F)cccc21. The van der Waals surface area contributed by atoms with E-state index in [0.717, 1.165) is 0 Å². The Kier molecular flexibility index (Phi) is 3.35. The number of halogens is 1. The van der Waals surface area contributed by atoms with Gasteiger partial charge in [-0.15, -0.1) is 0 Å². The summed E-state index contributed by atoms with van der Waals surface area (Å²) in [5.74, 6) is -1.27. The molecule has 2 N–H and O–H groups in total. The maximum absolute atomic E-state index is 13.7. The summed E-state index contributed by atoms with van der Waals surface area (Å²) in [4.78, 5) is 27.2. The van der Waals surface area contributed by atoms with Crippen molar-refractivity contribution in [1.29, 1.82) is 0 Å². The largest absolute Gasteiger partial charge is 0.480 e. The molecular weight excluding hydrogens is 289 g/mol. The van der Waals surface area contributed by atoms with Gasteiger partial charge in [-0.1, -0.05) is 6.07 Å². The molecule has 0 radical (unpaired) electrons. The molecule has 1 aromatic heterocycles. The molecule has 0 atom stereocenters. The third-order valence-electron chi connectivity index (χ3n) is 4.18. The van der Waals surface area contributed by atoms with Crippen molar-refractivity contribution in [3.8, 4) is 0 Å². The van der Waals surface area contributed by atoms with Crippen LogP contribution in [0.25, 0.3) is 11.0 Å². The third-order valence-corrected chi connectivity index (χ3v) is 4.18. The number of aliphatic carboxylic acids is 1. The number of carbonyl (C=O) groups is 2. The molecule has 3 rings (SSSR count).